The van der Waals surface area contributed by atoms with Crippen molar-refractivity contribution in [2.24, 2.45) is 46.3 Å². The van der Waals surface area contributed by atoms with E-state index < -0.39 is 0 Å². The molecule has 0 aromatic rings. The van der Waals surface area contributed by atoms with Crippen LogP contribution in [0.1, 0.15) is 79.1 Å². The van der Waals surface area contributed by atoms with Crippen molar-refractivity contribution in [3.05, 3.63) is 0 Å². The average Bonchev–Trinajstić information content (AvgIpc) is 2.77. The molecule has 3 unspecified atom stereocenters. The molecule has 1 heteroatoms. The van der Waals surface area contributed by atoms with Gasteiger partial charge < -0.3 is 5.11 Å². The molecule has 4 rings (SSSR count). The molecule has 0 heterocycles. The van der Waals surface area contributed by atoms with Crippen molar-refractivity contribution < 1.29 is 5.11 Å². The topological polar surface area (TPSA) is 20.2 Å². The summed E-state index contributed by atoms with van der Waals surface area (Å²) in [5.41, 5.74) is 1.01. The zero-order valence-corrected chi connectivity index (χ0v) is 15.1. The molecule has 0 saturated heterocycles. The van der Waals surface area contributed by atoms with Crippen molar-refractivity contribution in [3.8, 4) is 0 Å². The minimum Gasteiger partial charge on any atom is -0.393 e. The summed E-state index contributed by atoms with van der Waals surface area (Å²) in [5.74, 6) is 4.91. The van der Waals surface area contributed by atoms with Crippen LogP contribution in [0.15, 0.2) is 0 Å². The first-order valence-electron chi connectivity index (χ1n) is 10.0. The molecular formula is C21H36O. The first-order valence-corrected chi connectivity index (χ1v) is 10.0. The van der Waals surface area contributed by atoms with Gasteiger partial charge in [0.05, 0.1) is 6.10 Å². The van der Waals surface area contributed by atoms with Gasteiger partial charge in [-0.15, -0.1) is 0 Å². The van der Waals surface area contributed by atoms with Crippen molar-refractivity contribution >= 4 is 0 Å². The van der Waals surface area contributed by atoms with Crippen LogP contribution < -0.4 is 0 Å². The third-order valence-electron chi connectivity index (χ3n) is 9.42. The maximum Gasteiger partial charge on any atom is 0.0576 e. The number of hydrogen-bond donors (Lipinski definition) is 1. The number of fused-ring (bicyclic) bond motifs is 5. The summed E-state index contributed by atoms with van der Waals surface area (Å²) in [6.07, 6.45) is 10.9. The van der Waals surface area contributed by atoms with E-state index in [2.05, 4.69) is 27.7 Å². The van der Waals surface area contributed by atoms with Gasteiger partial charge in [-0.25, -0.2) is 0 Å². The van der Waals surface area contributed by atoms with E-state index >= 15 is 0 Å². The number of hydrogen-bond acceptors (Lipinski definition) is 1. The molecule has 0 aromatic heterocycles. The summed E-state index contributed by atoms with van der Waals surface area (Å²) in [6.45, 7) is 10.0. The highest BCUT2D eigenvalue weighted by Gasteiger charge is 2.61. The molecule has 4 fully saturated rings. The molecule has 0 aromatic carbocycles. The maximum absolute atomic E-state index is 11.0. The molecule has 9 atom stereocenters. The molecule has 4 aliphatic carbocycles. The minimum atomic E-state index is -0.0211. The Morgan fingerprint density at radius 3 is 2.23 bits per heavy atom. The Bertz CT molecular complexity index is 445. The second-order valence-corrected chi connectivity index (χ2v) is 10.2. The van der Waals surface area contributed by atoms with Crippen LogP contribution in [0.25, 0.3) is 0 Å². The highest BCUT2D eigenvalue weighted by atomic mass is 16.3. The summed E-state index contributed by atoms with van der Waals surface area (Å²) in [4.78, 5) is 0. The van der Waals surface area contributed by atoms with E-state index in [1.54, 1.807) is 0 Å². The molecule has 4 saturated carbocycles. The highest BCUT2D eigenvalue weighted by Crippen LogP contribution is 2.67. The normalized spacial score (nSPS) is 61.2. The van der Waals surface area contributed by atoms with Crippen LogP contribution >= 0.6 is 0 Å². The second kappa shape index (κ2) is 4.98. The predicted molar refractivity (Wildman–Crippen MR) is 91.4 cm³/mol. The summed E-state index contributed by atoms with van der Waals surface area (Å²) in [5, 5.41) is 11.0. The minimum absolute atomic E-state index is 0.0211. The SMILES string of the molecule is C[C@H]1CC[C@]2(C)C3CC[C@@]4(C)C(CC[C@@H]4C)C3C[C@H](O)[C@H]2C1. The quantitative estimate of drug-likeness (QED) is 0.646. The van der Waals surface area contributed by atoms with Gasteiger partial charge in [-0.3, -0.25) is 0 Å². The molecule has 0 amide bonds. The summed E-state index contributed by atoms with van der Waals surface area (Å²) in [6, 6.07) is 0. The van der Waals surface area contributed by atoms with Crippen molar-refractivity contribution in [1.29, 1.82) is 0 Å². The van der Waals surface area contributed by atoms with Gasteiger partial charge in [-0.2, -0.15) is 0 Å². The fourth-order valence-electron chi connectivity index (χ4n) is 7.76. The van der Waals surface area contributed by atoms with E-state index in [1.165, 1.54) is 44.9 Å². The summed E-state index contributed by atoms with van der Waals surface area (Å²) < 4.78 is 0. The number of rotatable bonds is 0. The van der Waals surface area contributed by atoms with E-state index in [0.29, 0.717) is 16.7 Å². The zero-order chi connectivity index (χ0) is 15.7. The van der Waals surface area contributed by atoms with Gasteiger partial charge >= 0.3 is 0 Å². The molecular weight excluding hydrogens is 268 g/mol. The van der Waals surface area contributed by atoms with Crippen molar-refractivity contribution in [3.63, 3.8) is 0 Å². The van der Waals surface area contributed by atoms with Crippen LogP contribution in [-0.2, 0) is 0 Å². The van der Waals surface area contributed by atoms with Crippen LogP contribution in [0.5, 0.6) is 0 Å². The molecule has 0 spiro atoms. The maximum atomic E-state index is 11.0. The van der Waals surface area contributed by atoms with Crippen molar-refractivity contribution in [2.75, 3.05) is 0 Å². The van der Waals surface area contributed by atoms with E-state index in [4.69, 9.17) is 0 Å². The second-order valence-electron chi connectivity index (χ2n) is 10.2. The van der Waals surface area contributed by atoms with E-state index in [-0.39, 0.29) is 6.10 Å². The molecule has 0 aliphatic heterocycles. The fourth-order valence-corrected chi connectivity index (χ4v) is 7.76. The number of aliphatic hydroxyl groups excluding tert-OH is 1. The molecule has 0 radical (unpaired) electrons. The number of aliphatic hydroxyl groups is 1. The Morgan fingerprint density at radius 2 is 1.45 bits per heavy atom. The van der Waals surface area contributed by atoms with Gasteiger partial charge in [0.2, 0.25) is 0 Å². The standard InChI is InChI=1S/C21H36O/c1-13-7-9-21(4)17-8-10-20(3)14(2)5-6-16(20)15(17)12-19(22)18(21)11-13/h13-19,22H,5-12H2,1-4H3/t13-,14-,15?,16?,17?,18+,19-,20+,21+/m0/s1. The summed E-state index contributed by atoms with van der Waals surface area (Å²) in [7, 11) is 0. The van der Waals surface area contributed by atoms with Gasteiger partial charge in [-0.05, 0) is 91.3 Å². The fraction of sp³-hybridized carbons (Fsp3) is 1.00. The molecule has 1 N–H and O–H groups in total. The predicted octanol–water partition coefficient (Wildman–Crippen LogP) is 5.27. The lowest BCUT2D eigenvalue weighted by Crippen LogP contribution is -2.57. The summed E-state index contributed by atoms with van der Waals surface area (Å²) >= 11 is 0. The van der Waals surface area contributed by atoms with Crippen LogP contribution in [0.2, 0.25) is 0 Å². The molecule has 22 heavy (non-hydrogen) atoms. The van der Waals surface area contributed by atoms with Gasteiger partial charge in [0, 0.05) is 0 Å². The molecule has 0 bridgehead atoms. The average molecular weight is 305 g/mol. The van der Waals surface area contributed by atoms with Crippen LogP contribution in [-0.4, -0.2) is 11.2 Å². The Morgan fingerprint density at radius 1 is 0.773 bits per heavy atom. The van der Waals surface area contributed by atoms with Crippen LogP contribution in [0.3, 0.4) is 0 Å². The van der Waals surface area contributed by atoms with Crippen molar-refractivity contribution in [2.45, 2.75) is 85.2 Å². The lowest BCUT2D eigenvalue weighted by molar-refractivity contribution is -0.162. The first-order chi connectivity index (χ1) is 10.4. The van der Waals surface area contributed by atoms with Crippen LogP contribution in [0, 0.1) is 46.3 Å². The Hall–Kier alpha value is -0.0400. The largest absolute Gasteiger partial charge is 0.393 e. The third kappa shape index (κ3) is 1.93. The molecule has 1 nitrogen and oxygen atoms in total. The highest BCUT2D eigenvalue weighted by molar-refractivity contribution is 5.10. The monoisotopic (exact) mass is 304 g/mol. The van der Waals surface area contributed by atoms with Gasteiger partial charge in [0.25, 0.3) is 0 Å². The van der Waals surface area contributed by atoms with E-state index in [1.807, 2.05) is 0 Å². The van der Waals surface area contributed by atoms with Crippen molar-refractivity contribution in [1.82, 2.24) is 0 Å². The van der Waals surface area contributed by atoms with Gasteiger partial charge in [0.1, 0.15) is 0 Å². The third-order valence-corrected chi connectivity index (χ3v) is 9.42. The van der Waals surface area contributed by atoms with E-state index in [9.17, 15) is 5.11 Å². The van der Waals surface area contributed by atoms with Gasteiger partial charge in [0.15, 0.2) is 0 Å². The Balaban J connectivity index is 1.66. The van der Waals surface area contributed by atoms with Crippen LogP contribution in [0.4, 0.5) is 0 Å². The Labute approximate surface area is 137 Å². The Kier molecular flexibility index (Phi) is 3.50. The lowest BCUT2D eigenvalue weighted by Gasteiger charge is -2.62. The molecule has 126 valence electrons. The smallest absolute Gasteiger partial charge is 0.0576 e. The zero-order valence-electron chi connectivity index (χ0n) is 15.1. The van der Waals surface area contributed by atoms with Gasteiger partial charge in [-0.1, -0.05) is 34.1 Å². The first kappa shape index (κ1) is 15.5. The lowest BCUT2D eigenvalue weighted by atomic mass is 9.43. The molecule has 4 aliphatic rings. The van der Waals surface area contributed by atoms with E-state index in [0.717, 1.165) is 36.0 Å².